The second kappa shape index (κ2) is 9.73. The molecule has 4 rings (SSSR count). The number of anilines is 1. The van der Waals surface area contributed by atoms with Gasteiger partial charge in [-0.25, -0.2) is 9.67 Å². The molecule has 0 saturated heterocycles. The first kappa shape index (κ1) is 23.0. The lowest BCUT2D eigenvalue weighted by atomic mass is 9.93. The summed E-state index contributed by atoms with van der Waals surface area (Å²) < 4.78 is 1.83. The van der Waals surface area contributed by atoms with Gasteiger partial charge in [-0.15, -0.1) is 0 Å². The number of aryl methyl sites for hydroxylation is 3. The van der Waals surface area contributed by atoms with E-state index < -0.39 is 0 Å². The van der Waals surface area contributed by atoms with E-state index in [1.807, 2.05) is 11.6 Å². The van der Waals surface area contributed by atoms with Crippen molar-refractivity contribution in [2.24, 2.45) is 0 Å². The average Bonchev–Trinajstić information content (AvgIpc) is 3.23. The number of carbonyl (C=O) groups is 2. The number of rotatable bonds is 7. The summed E-state index contributed by atoms with van der Waals surface area (Å²) in [7, 11) is 0. The van der Waals surface area contributed by atoms with Gasteiger partial charge < -0.3 is 10.6 Å². The molecule has 0 spiro atoms. The second-order valence-electron chi connectivity index (χ2n) is 9.00. The zero-order valence-corrected chi connectivity index (χ0v) is 19.9. The predicted octanol–water partition coefficient (Wildman–Crippen LogP) is 4.87. The van der Waals surface area contributed by atoms with Crippen LogP contribution >= 0.6 is 0 Å². The Morgan fingerprint density at radius 2 is 1.94 bits per heavy atom. The lowest BCUT2D eigenvalue weighted by Crippen LogP contribution is -2.31. The summed E-state index contributed by atoms with van der Waals surface area (Å²) in [5.41, 5.74) is 5.53. The number of fused-ring (bicyclic) bond motifs is 1. The summed E-state index contributed by atoms with van der Waals surface area (Å²) in [5, 5.41) is 12.1. The van der Waals surface area contributed by atoms with Gasteiger partial charge in [0.2, 0.25) is 0 Å². The van der Waals surface area contributed by atoms with Gasteiger partial charge in [0.25, 0.3) is 5.91 Å². The van der Waals surface area contributed by atoms with Crippen LogP contribution < -0.4 is 10.6 Å². The monoisotopic (exact) mass is 447 g/mol. The van der Waals surface area contributed by atoms with E-state index in [2.05, 4.69) is 59.7 Å². The van der Waals surface area contributed by atoms with Crippen LogP contribution in [0.1, 0.15) is 79.0 Å². The Morgan fingerprint density at radius 1 is 1.18 bits per heavy atom. The lowest BCUT2D eigenvalue weighted by molar-refractivity contribution is -0.120. The number of ketones is 1. The first-order chi connectivity index (χ1) is 15.9. The van der Waals surface area contributed by atoms with E-state index in [9.17, 15) is 9.59 Å². The topological polar surface area (TPSA) is 88.9 Å². The third kappa shape index (κ3) is 4.77. The third-order valence-corrected chi connectivity index (χ3v) is 6.62. The number of benzene rings is 1. The fraction of sp³-hybridized carbons (Fsp3) is 0.462. The second-order valence-corrected chi connectivity index (χ2v) is 9.00. The highest BCUT2D eigenvalue weighted by molar-refractivity contribution is 6.06. The van der Waals surface area contributed by atoms with E-state index in [1.54, 1.807) is 12.4 Å². The van der Waals surface area contributed by atoms with E-state index in [1.165, 1.54) is 11.1 Å². The third-order valence-electron chi connectivity index (χ3n) is 6.62. The molecule has 1 aliphatic rings. The highest BCUT2D eigenvalue weighted by atomic mass is 16.1. The van der Waals surface area contributed by atoms with Gasteiger partial charge in [0, 0.05) is 31.6 Å². The maximum absolute atomic E-state index is 13.5. The molecule has 0 radical (unpaired) electrons. The highest BCUT2D eigenvalue weighted by Crippen LogP contribution is 2.30. The van der Waals surface area contributed by atoms with Crippen molar-refractivity contribution in [1.29, 1.82) is 0 Å². The first-order valence-corrected chi connectivity index (χ1v) is 11.9. The molecular weight excluding hydrogens is 414 g/mol. The van der Waals surface area contributed by atoms with Crippen LogP contribution in [-0.4, -0.2) is 32.5 Å². The molecule has 7 heteroatoms. The summed E-state index contributed by atoms with van der Waals surface area (Å²) in [6, 6.07) is 6.39. The van der Waals surface area contributed by atoms with E-state index in [-0.39, 0.29) is 18.0 Å². The smallest absolute Gasteiger partial charge is 0.255 e. The van der Waals surface area contributed by atoms with Gasteiger partial charge >= 0.3 is 0 Å². The van der Waals surface area contributed by atoms with Crippen molar-refractivity contribution < 1.29 is 9.59 Å². The standard InChI is InChI=1S/C26H33N5O2/c1-5-23(20-12-7-16(3)13-17(20)4)30-26(33)22-14-27-25-21(15-28-31(25)6-2)24(22)29-18-8-10-19(32)11-9-18/h7,12-15,18,23H,5-6,8-11H2,1-4H3,(H,27,29)(H,30,33). The molecule has 1 unspecified atom stereocenters. The molecule has 2 N–H and O–H groups in total. The van der Waals surface area contributed by atoms with Gasteiger partial charge in [-0.1, -0.05) is 30.7 Å². The van der Waals surface area contributed by atoms with Crippen molar-refractivity contribution in [1.82, 2.24) is 20.1 Å². The SMILES string of the molecule is CCC(NC(=O)c1cnc2c(cnn2CC)c1NC1CCC(=O)CC1)c1ccc(C)cc1C. The number of hydrogen-bond donors (Lipinski definition) is 2. The van der Waals surface area contributed by atoms with Crippen LogP contribution in [-0.2, 0) is 11.3 Å². The van der Waals surface area contributed by atoms with Gasteiger partial charge in [0.1, 0.15) is 5.78 Å². The molecule has 1 amide bonds. The van der Waals surface area contributed by atoms with Crippen LogP contribution in [0.4, 0.5) is 5.69 Å². The quantitative estimate of drug-likeness (QED) is 0.539. The zero-order valence-electron chi connectivity index (χ0n) is 19.9. The number of nitrogens with one attached hydrogen (secondary N) is 2. The Kier molecular flexibility index (Phi) is 6.77. The Labute approximate surface area is 195 Å². The lowest BCUT2D eigenvalue weighted by Gasteiger charge is -2.25. The van der Waals surface area contributed by atoms with Gasteiger partial charge in [-0.05, 0) is 51.2 Å². The summed E-state index contributed by atoms with van der Waals surface area (Å²) in [6.45, 7) is 8.95. The number of nitrogens with zero attached hydrogens (tertiary/aromatic N) is 3. The molecule has 1 fully saturated rings. The summed E-state index contributed by atoms with van der Waals surface area (Å²) in [6.07, 6.45) is 6.90. The Balaban J connectivity index is 1.67. The van der Waals surface area contributed by atoms with Crippen molar-refractivity contribution in [3.05, 3.63) is 52.8 Å². The minimum absolute atomic E-state index is 0.0904. The molecule has 3 aromatic rings. The van der Waals surface area contributed by atoms with Gasteiger partial charge in [-0.2, -0.15) is 5.10 Å². The van der Waals surface area contributed by atoms with Crippen molar-refractivity contribution >= 4 is 28.4 Å². The van der Waals surface area contributed by atoms with Gasteiger partial charge in [0.15, 0.2) is 5.65 Å². The highest BCUT2D eigenvalue weighted by Gasteiger charge is 2.25. The molecule has 33 heavy (non-hydrogen) atoms. The fourth-order valence-corrected chi connectivity index (χ4v) is 4.73. The molecular formula is C26H33N5O2. The van der Waals surface area contributed by atoms with Gasteiger partial charge in [0.05, 0.1) is 28.9 Å². The molecule has 2 heterocycles. The summed E-state index contributed by atoms with van der Waals surface area (Å²) >= 11 is 0. The number of hydrogen-bond acceptors (Lipinski definition) is 5. The van der Waals surface area contributed by atoms with Crippen molar-refractivity contribution in [2.45, 2.75) is 78.4 Å². The van der Waals surface area contributed by atoms with Crippen LogP contribution in [0, 0.1) is 13.8 Å². The summed E-state index contributed by atoms with van der Waals surface area (Å²) in [5.74, 6) is 0.152. The van der Waals surface area contributed by atoms with Crippen molar-refractivity contribution in [3.8, 4) is 0 Å². The Hall–Kier alpha value is -3.22. The van der Waals surface area contributed by atoms with Crippen molar-refractivity contribution in [3.63, 3.8) is 0 Å². The van der Waals surface area contributed by atoms with Crippen LogP contribution in [0.3, 0.4) is 0 Å². The Morgan fingerprint density at radius 3 is 2.61 bits per heavy atom. The molecule has 7 nitrogen and oxygen atoms in total. The predicted molar refractivity (Wildman–Crippen MR) is 131 cm³/mol. The molecule has 1 saturated carbocycles. The van der Waals surface area contributed by atoms with Crippen LogP contribution in [0.15, 0.2) is 30.6 Å². The molecule has 174 valence electrons. The number of carbonyl (C=O) groups excluding carboxylic acids is 2. The largest absolute Gasteiger partial charge is 0.381 e. The van der Waals surface area contributed by atoms with Crippen molar-refractivity contribution in [2.75, 3.05) is 5.32 Å². The Bertz CT molecular complexity index is 1170. The molecule has 0 bridgehead atoms. The van der Waals surface area contributed by atoms with E-state index in [0.717, 1.165) is 41.5 Å². The minimum atomic E-state index is -0.158. The molecule has 1 aromatic carbocycles. The van der Waals surface area contributed by atoms with Crippen LogP contribution in [0.5, 0.6) is 0 Å². The maximum Gasteiger partial charge on any atom is 0.255 e. The molecule has 1 atom stereocenters. The van der Waals surface area contributed by atoms with E-state index in [4.69, 9.17) is 0 Å². The first-order valence-electron chi connectivity index (χ1n) is 11.9. The van der Waals surface area contributed by atoms with Gasteiger partial charge in [-0.3, -0.25) is 9.59 Å². The zero-order chi connectivity index (χ0) is 23.5. The molecule has 1 aliphatic carbocycles. The van der Waals surface area contributed by atoms with E-state index >= 15 is 0 Å². The molecule has 2 aromatic heterocycles. The van der Waals surface area contributed by atoms with E-state index in [0.29, 0.717) is 30.7 Å². The van der Waals surface area contributed by atoms with Crippen LogP contribution in [0.2, 0.25) is 0 Å². The number of aromatic nitrogens is 3. The average molecular weight is 448 g/mol. The molecule has 0 aliphatic heterocycles. The fourth-order valence-electron chi connectivity index (χ4n) is 4.73. The number of pyridine rings is 1. The number of amides is 1. The minimum Gasteiger partial charge on any atom is -0.381 e. The maximum atomic E-state index is 13.5. The summed E-state index contributed by atoms with van der Waals surface area (Å²) in [4.78, 5) is 29.8. The normalized spacial score (nSPS) is 15.6. The van der Waals surface area contributed by atoms with Crippen LogP contribution in [0.25, 0.3) is 11.0 Å². The number of Topliss-reactive ketones (excluding diaryl/α,β-unsaturated/α-hetero) is 1.